The number of hydrogen-bond acceptors (Lipinski definition) is 3. The molecule has 1 aromatic carbocycles. The zero-order valence-electron chi connectivity index (χ0n) is 14.3. The monoisotopic (exact) mass is 369 g/mol. The Bertz CT molecular complexity index is 754. The summed E-state index contributed by atoms with van der Waals surface area (Å²) in [6, 6.07) is 3.60. The number of amides is 2. The number of anilines is 2. The molecule has 25 heavy (non-hydrogen) atoms. The van der Waals surface area contributed by atoms with Crippen molar-refractivity contribution in [3.05, 3.63) is 24.0 Å². The normalized spacial score (nSPS) is 25.6. The molecule has 138 valence electrons. The van der Waals surface area contributed by atoms with Gasteiger partial charge in [0.15, 0.2) is 0 Å². The minimum atomic E-state index is -3.35. The van der Waals surface area contributed by atoms with Crippen LogP contribution in [0.3, 0.4) is 0 Å². The van der Waals surface area contributed by atoms with Gasteiger partial charge in [0.2, 0.25) is 10.0 Å². The molecule has 2 unspecified atom stereocenters. The molecule has 2 atom stereocenters. The van der Waals surface area contributed by atoms with E-state index in [0.717, 1.165) is 19.3 Å². The van der Waals surface area contributed by atoms with E-state index in [9.17, 15) is 17.6 Å². The molecular formula is C17H24FN3O3S. The van der Waals surface area contributed by atoms with Gasteiger partial charge in [-0.15, -0.1) is 0 Å². The molecule has 2 fully saturated rings. The zero-order chi connectivity index (χ0) is 18.0. The smallest absolute Gasteiger partial charge is 0.319 e. The van der Waals surface area contributed by atoms with Gasteiger partial charge >= 0.3 is 6.03 Å². The van der Waals surface area contributed by atoms with Crippen molar-refractivity contribution < 1.29 is 17.6 Å². The molecule has 1 saturated heterocycles. The quantitative estimate of drug-likeness (QED) is 0.859. The van der Waals surface area contributed by atoms with Gasteiger partial charge in [0, 0.05) is 12.6 Å². The first kappa shape index (κ1) is 18.0. The fourth-order valence-electron chi connectivity index (χ4n) is 3.55. The second kappa shape index (κ2) is 7.19. The predicted octanol–water partition coefficient (Wildman–Crippen LogP) is 3.07. The highest BCUT2D eigenvalue weighted by Gasteiger charge is 2.29. The number of urea groups is 1. The van der Waals surface area contributed by atoms with Crippen LogP contribution >= 0.6 is 0 Å². The molecular weight excluding hydrogens is 345 g/mol. The van der Waals surface area contributed by atoms with E-state index in [2.05, 4.69) is 17.6 Å². The van der Waals surface area contributed by atoms with Crippen LogP contribution < -0.4 is 14.9 Å². The molecule has 0 bridgehead atoms. The second-order valence-corrected chi connectivity index (χ2v) is 8.89. The lowest BCUT2D eigenvalue weighted by molar-refractivity contribution is 0.232. The van der Waals surface area contributed by atoms with E-state index in [-0.39, 0.29) is 17.5 Å². The minimum absolute atomic E-state index is 0.0134. The summed E-state index contributed by atoms with van der Waals surface area (Å²) in [4.78, 5) is 12.2. The summed E-state index contributed by atoms with van der Waals surface area (Å²) in [6.45, 7) is 2.47. The Morgan fingerprint density at radius 3 is 2.68 bits per heavy atom. The Hall–Kier alpha value is -1.83. The van der Waals surface area contributed by atoms with E-state index < -0.39 is 21.9 Å². The van der Waals surface area contributed by atoms with Crippen LogP contribution in [0.2, 0.25) is 0 Å². The summed E-state index contributed by atoms with van der Waals surface area (Å²) in [5.74, 6) is -0.106. The molecule has 0 aromatic heterocycles. The molecule has 3 rings (SSSR count). The summed E-state index contributed by atoms with van der Waals surface area (Å²) in [6.07, 6.45) is 4.78. The van der Waals surface area contributed by atoms with Crippen molar-refractivity contribution in [2.45, 2.75) is 45.1 Å². The van der Waals surface area contributed by atoms with E-state index in [1.54, 1.807) is 0 Å². The lowest BCUT2D eigenvalue weighted by atomic mass is 9.86. The lowest BCUT2D eigenvalue weighted by Crippen LogP contribution is -2.43. The third kappa shape index (κ3) is 4.05. The van der Waals surface area contributed by atoms with Gasteiger partial charge < -0.3 is 10.6 Å². The Morgan fingerprint density at radius 2 is 2.00 bits per heavy atom. The molecule has 0 radical (unpaired) electrons. The van der Waals surface area contributed by atoms with Crippen LogP contribution in [0.5, 0.6) is 0 Å². The fraction of sp³-hybridized carbons (Fsp3) is 0.588. The van der Waals surface area contributed by atoms with Crippen molar-refractivity contribution >= 4 is 27.4 Å². The van der Waals surface area contributed by atoms with Gasteiger partial charge in [-0.2, -0.15) is 0 Å². The van der Waals surface area contributed by atoms with Crippen LogP contribution in [-0.4, -0.2) is 32.8 Å². The highest BCUT2D eigenvalue weighted by atomic mass is 32.2. The Labute approximate surface area is 147 Å². The van der Waals surface area contributed by atoms with Crippen LogP contribution in [0.15, 0.2) is 18.2 Å². The topological polar surface area (TPSA) is 78.5 Å². The molecule has 1 aliphatic carbocycles. The summed E-state index contributed by atoms with van der Waals surface area (Å²) >= 11 is 0. The fourth-order valence-corrected chi connectivity index (χ4v) is 5.11. The third-order valence-corrected chi connectivity index (χ3v) is 6.88. The lowest BCUT2D eigenvalue weighted by Gasteiger charge is -2.29. The maximum Gasteiger partial charge on any atom is 0.319 e. The molecule has 2 aliphatic rings. The molecule has 2 amide bonds. The molecule has 1 heterocycles. The standard InChI is InChI=1S/C17H24FN3O3S/c1-12-5-2-3-6-15(12)19-17(22)20-16-11-13(7-8-14(16)18)21-9-4-10-25(21,23)24/h7-8,11-12,15H,2-6,9-10H2,1H3,(H2,19,20,22). The molecule has 0 spiro atoms. The van der Waals surface area contributed by atoms with Crippen LogP contribution in [0.4, 0.5) is 20.6 Å². The largest absolute Gasteiger partial charge is 0.335 e. The first-order valence-electron chi connectivity index (χ1n) is 8.74. The highest BCUT2D eigenvalue weighted by Crippen LogP contribution is 2.28. The number of halogens is 1. The van der Waals surface area contributed by atoms with Gasteiger partial charge in [0.1, 0.15) is 5.82 Å². The number of sulfonamides is 1. The third-order valence-electron chi connectivity index (χ3n) is 5.01. The van der Waals surface area contributed by atoms with Crippen molar-refractivity contribution in [3.63, 3.8) is 0 Å². The number of benzene rings is 1. The predicted molar refractivity (Wildman–Crippen MR) is 95.7 cm³/mol. The van der Waals surface area contributed by atoms with Crippen molar-refractivity contribution in [1.82, 2.24) is 5.32 Å². The van der Waals surface area contributed by atoms with Crippen LogP contribution in [-0.2, 0) is 10.0 Å². The van der Waals surface area contributed by atoms with Crippen molar-refractivity contribution in [2.75, 3.05) is 21.9 Å². The van der Waals surface area contributed by atoms with Crippen LogP contribution in [0, 0.1) is 11.7 Å². The van der Waals surface area contributed by atoms with E-state index in [1.165, 1.54) is 28.9 Å². The molecule has 1 aromatic rings. The van der Waals surface area contributed by atoms with Gasteiger partial charge in [-0.3, -0.25) is 4.31 Å². The zero-order valence-corrected chi connectivity index (χ0v) is 15.1. The molecule has 2 N–H and O–H groups in total. The second-order valence-electron chi connectivity index (χ2n) is 6.87. The van der Waals surface area contributed by atoms with Crippen molar-refractivity contribution in [1.29, 1.82) is 0 Å². The maximum atomic E-state index is 14.1. The first-order chi connectivity index (χ1) is 11.9. The van der Waals surface area contributed by atoms with Gasteiger partial charge in [-0.25, -0.2) is 17.6 Å². The van der Waals surface area contributed by atoms with Crippen LogP contribution in [0.25, 0.3) is 0 Å². The highest BCUT2D eigenvalue weighted by molar-refractivity contribution is 7.93. The van der Waals surface area contributed by atoms with Gasteiger partial charge in [-0.05, 0) is 43.4 Å². The average Bonchev–Trinajstić information content (AvgIpc) is 2.91. The first-order valence-corrected chi connectivity index (χ1v) is 10.4. The average molecular weight is 369 g/mol. The summed E-state index contributed by atoms with van der Waals surface area (Å²) < 4.78 is 39.3. The summed E-state index contributed by atoms with van der Waals surface area (Å²) in [5, 5.41) is 5.42. The van der Waals surface area contributed by atoms with E-state index >= 15 is 0 Å². The Balaban J connectivity index is 1.71. The Kier molecular flexibility index (Phi) is 5.17. The van der Waals surface area contributed by atoms with Gasteiger partial charge in [-0.1, -0.05) is 19.8 Å². The number of rotatable bonds is 3. The molecule has 1 saturated carbocycles. The summed E-state index contributed by atoms with van der Waals surface area (Å²) in [5.41, 5.74) is 0.362. The van der Waals surface area contributed by atoms with E-state index in [1.807, 2.05) is 0 Å². The van der Waals surface area contributed by atoms with Crippen molar-refractivity contribution in [2.24, 2.45) is 5.92 Å². The summed E-state index contributed by atoms with van der Waals surface area (Å²) in [7, 11) is -3.35. The van der Waals surface area contributed by atoms with E-state index in [4.69, 9.17) is 0 Å². The number of carbonyl (C=O) groups excluding carboxylic acids is 1. The minimum Gasteiger partial charge on any atom is -0.335 e. The van der Waals surface area contributed by atoms with E-state index in [0.29, 0.717) is 24.6 Å². The van der Waals surface area contributed by atoms with Gasteiger partial charge in [0.05, 0.1) is 17.1 Å². The number of nitrogens with one attached hydrogen (secondary N) is 2. The number of carbonyl (C=O) groups is 1. The number of hydrogen-bond donors (Lipinski definition) is 2. The maximum absolute atomic E-state index is 14.1. The molecule has 6 nitrogen and oxygen atoms in total. The molecule has 1 aliphatic heterocycles. The SMILES string of the molecule is CC1CCCCC1NC(=O)Nc1cc(N2CCCS2(=O)=O)ccc1F. The molecule has 8 heteroatoms. The van der Waals surface area contributed by atoms with Crippen LogP contribution in [0.1, 0.15) is 39.0 Å². The van der Waals surface area contributed by atoms with Crippen molar-refractivity contribution in [3.8, 4) is 0 Å². The van der Waals surface area contributed by atoms with Gasteiger partial charge in [0.25, 0.3) is 0 Å². The Morgan fingerprint density at radius 1 is 1.24 bits per heavy atom. The number of nitrogens with zero attached hydrogens (tertiary/aromatic N) is 1.